The van der Waals surface area contributed by atoms with Crippen molar-refractivity contribution in [2.75, 3.05) is 0 Å². The van der Waals surface area contributed by atoms with Crippen molar-refractivity contribution in [3.63, 3.8) is 0 Å². The number of hydrogen-bond donors (Lipinski definition) is 2. The molecule has 0 aromatic carbocycles. The van der Waals surface area contributed by atoms with Gasteiger partial charge in [0.15, 0.2) is 12.6 Å². The number of carbonyl (C=O) groups is 2. The molecule has 0 amide bonds. The van der Waals surface area contributed by atoms with E-state index in [1.54, 1.807) is 22.7 Å². The van der Waals surface area contributed by atoms with Crippen molar-refractivity contribution in [1.29, 1.82) is 5.41 Å². The lowest BCUT2D eigenvalue weighted by molar-refractivity contribution is 0.111. The zero-order valence-corrected chi connectivity index (χ0v) is 20.9. The van der Waals surface area contributed by atoms with Gasteiger partial charge in [0.1, 0.15) is 5.71 Å². The first-order valence-electron chi connectivity index (χ1n) is 9.66. The molecule has 5 rings (SSSR count). The number of nitrogens with zero attached hydrogens (tertiary/aromatic N) is 1. The molecule has 0 atom stereocenters. The first kappa shape index (κ1) is 22.1. The Bertz CT molecular complexity index is 1490. The molecule has 1 N–H and O–H groups in total. The van der Waals surface area contributed by atoms with Gasteiger partial charge in [-0.3, -0.25) is 15.0 Å². The van der Waals surface area contributed by atoms with E-state index in [1.807, 2.05) is 60.7 Å². The van der Waals surface area contributed by atoms with Crippen LogP contribution in [0.2, 0.25) is 0 Å². The fraction of sp³-hybridized carbons (Fsp3) is 0. The van der Waals surface area contributed by atoms with Crippen LogP contribution in [0.5, 0.6) is 0 Å². The summed E-state index contributed by atoms with van der Waals surface area (Å²) in [6.45, 7) is 0. The Morgan fingerprint density at radius 1 is 0.636 bits per heavy atom. The van der Waals surface area contributed by atoms with Gasteiger partial charge in [0.05, 0.1) is 15.5 Å². The first-order valence-corrected chi connectivity index (χ1v) is 13.3. The molecular weight excluding hydrogens is 509 g/mol. The summed E-state index contributed by atoms with van der Waals surface area (Å²) >= 11 is 10.3. The van der Waals surface area contributed by atoms with Crippen LogP contribution in [0.4, 0.5) is 0 Å². The van der Waals surface area contributed by atoms with Gasteiger partial charge in [-0.05, 0) is 61.3 Å². The summed E-state index contributed by atoms with van der Waals surface area (Å²) in [6, 6.07) is 15.6. The van der Waals surface area contributed by atoms with Gasteiger partial charge in [-0.25, -0.2) is 4.40 Å². The maximum absolute atomic E-state index is 11.0. The molecule has 0 aliphatic heterocycles. The predicted octanol–water partition coefficient (Wildman–Crippen LogP) is 7.68. The van der Waals surface area contributed by atoms with E-state index in [1.165, 1.54) is 22.7 Å². The van der Waals surface area contributed by atoms with Crippen LogP contribution in [0.15, 0.2) is 65.1 Å². The number of hydrogen-bond acceptors (Lipinski definition) is 9. The summed E-state index contributed by atoms with van der Waals surface area (Å²) in [4.78, 5) is 29.6. The Hall–Kier alpha value is -2.69. The summed E-state index contributed by atoms with van der Waals surface area (Å²) in [5.41, 5.74) is 2.50. The topological polar surface area (TPSA) is 70.3 Å². The normalized spacial score (nSPS) is 14.9. The number of thiol groups is 1. The van der Waals surface area contributed by atoms with Gasteiger partial charge >= 0.3 is 0 Å². The van der Waals surface area contributed by atoms with E-state index in [4.69, 9.17) is 5.41 Å². The molecular formula is C24H14N2O2S5. The number of carbonyl (C=O) groups excluding carboxylic acids is 2. The van der Waals surface area contributed by atoms with E-state index in [9.17, 15) is 9.59 Å². The van der Waals surface area contributed by atoms with Gasteiger partial charge in [-0.2, -0.15) is 0 Å². The van der Waals surface area contributed by atoms with Gasteiger partial charge in [0, 0.05) is 40.4 Å². The Kier molecular flexibility index (Phi) is 6.22. The van der Waals surface area contributed by atoms with Crippen LogP contribution < -0.4 is 0 Å². The van der Waals surface area contributed by atoms with E-state index in [0.717, 1.165) is 53.0 Å². The molecule has 4 aromatic heterocycles. The minimum atomic E-state index is 0.324. The molecule has 0 fully saturated rings. The summed E-state index contributed by atoms with van der Waals surface area (Å²) in [6.07, 6.45) is 5.66. The average Bonchev–Trinajstić information content (AvgIpc) is 3.63. The van der Waals surface area contributed by atoms with E-state index >= 15 is 0 Å². The van der Waals surface area contributed by atoms with Crippen LogP contribution in [0, 0.1) is 5.41 Å². The van der Waals surface area contributed by atoms with Gasteiger partial charge < -0.3 is 0 Å². The van der Waals surface area contributed by atoms with E-state index < -0.39 is 0 Å². The van der Waals surface area contributed by atoms with Crippen molar-refractivity contribution in [2.45, 2.75) is 0 Å². The lowest BCUT2D eigenvalue weighted by atomic mass is 9.92. The number of allylic oxidation sites excluding steroid dienone is 4. The molecule has 1 aliphatic rings. The van der Waals surface area contributed by atoms with Crippen LogP contribution in [-0.2, 0) is 0 Å². The van der Waals surface area contributed by atoms with Crippen LogP contribution in [0.3, 0.4) is 0 Å². The third-order valence-electron chi connectivity index (χ3n) is 4.99. The lowest BCUT2D eigenvalue weighted by Crippen LogP contribution is -2.18. The maximum atomic E-state index is 11.0. The SMILES string of the molecule is N=C1C(c2ccc(-c3ccc(C=O)s3)s2)=CC=C(c2ccc(-c3ccc(C=O)s3)s2)/C1=N/S. The van der Waals surface area contributed by atoms with Crippen molar-refractivity contribution in [1.82, 2.24) is 0 Å². The largest absolute Gasteiger partial charge is 0.298 e. The second kappa shape index (κ2) is 9.28. The van der Waals surface area contributed by atoms with Crippen molar-refractivity contribution < 1.29 is 9.59 Å². The predicted molar refractivity (Wildman–Crippen MR) is 146 cm³/mol. The average molecular weight is 523 g/mol. The van der Waals surface area contributed by atoms with Crippen LogP contribution in [0.25, 0.3) is 30.7 Å². The molecule has 4 aromatic rings. The summed E-state index contributed by atoms with van der Waals surface area (Å²) < 4.78 is 4.15. The van der Waals surface area contributed by atoms with E-state index in [0.29, 0.717) is 21.2 Å². The molecule has 162 valence electrons. The Morgan fingerprint density at radius 2 is 1.06 bits per heavy atom. The molecule has 0 saturated carbocycles. The Balaban J connectivity index is 1.47. The van der Waals surface area contributed by atoms with Crippen LogP contribution in [-0.4, -0.2) is 24.0 Å². The third-order valence-corrected chi connectivity index (χ3v) is 9.84. The quantitative estimate of drug-likeness (QED) is 0.155. The summed E-state index contributed by atoms with van der Waals surface area (Å²) in [5.74, 6) is 0. The third kappa shape index (κ3) is 4.18. The summed E-state index contributed by atoms with van der Waals surface area (Å²) in [5, 5.41) is 8.81. The summed E-state index contributed by atoms with van der Waals surface area (Å²) in [7, 11) is 0. The fourth-order valence-electron chi connectivity index (χ4n) is 3.43. The lowest BCUT2D eigenvalue weighted by Gasteiger charge is -2.16. The van der Waals surface area contributed by atoms with Gasteiger partial charge in [-0.15, -0.1) is 45.3 Å². The molecule has 1 aliphatic carbocycles. The molecule has 4 heterocycles. The molecule has 0 bridgehead atoms. The van der Waals surface area contributed by atoms with E-state index in [-0.39, 0.29) is 0 Å². The van der Waals surface area contributed by atoms with Crippen LogP contribution in [0.1, 0.15) is 29.1 Å². The monoisotopic (exact) mass is 522 g/mol. The zero-order chi connectivity index (χ0) is 22.9. The highest BCUT2D eigenvalue weighted by atomic mass is 32.1. The van der Waals surface area contributed by atoms with Crippen LogP contribution >= 0.6 is 58.2 Å². The highest BCUT2D eigenvalue weighted by Gasteiger charge is 2.25. The number of thiophene rings is 4. The minimum Gasteiger partial charge on any atom is -0.298 e. The molecule has 0 saturated heterocycles. The van der Waals surface area contributed by atoms with Crippen molar-refractivity contribution in [3.05, 3.63) is 80.2 Å². The first-order chi connectivity index (χ1) is 16.1. The van der Waals surface area contributed by atoms with E-state index in [2.05, 4.69) is 17.2 Å². The maximum Gasteiger partial charge on any atom is 0.160 e. The van der Waals surface area contributed by atoms with Crippen molar-refractivity contribution in [3.8, 4) is 19.5 Å². The minimum absolute atomic E-state index is 0.324. The Morgan fingerprint density at radius 3 is 1.55 bits per heavy atom. The van der Waals surface area contributed by atoms with Gasteiger partial charge in [0.25, 0.3) is 0 Å². The Labute approximate surface area is 211 Å². The molecule has 0 spiro atoms. The molecule has 0 radical (unpaired) electrons. The highest BCUT2D eigenvalue weighted by Crippen LogP contribution is 2.40. The van der Waals surface area contributed by atoms with Gasteiger partial charge in [-0.1, -0.05) is 12.2 Å². The molecule has 9 heteroatoms. The number of aldehydes is 2. The smallest absolute Gasteiger partial charge is 0.160 e. The van der Waals surface area contributed by atoms with Gasteiger partial charge in [0.2, 0.25) is 0 Å². The molecule has 4 nitrogen and oxygen atoms in total. The number of rotatable bonds is 6. The second-order valence-electron chi connectivity index (χ2n) is 6.95. The molecule has 33 heavy (non-hydrogen) atoms. The highest BCUT2D eigenvalue weighted by molar-refractivity contribution is 7.79. The van der Waals surface area contributed by atoms with Crippen molar-refractivity contribution in [2.24, 2.45) is 4.40 Å². The standard InChI is InChI=1S/C24H14N2O2S5/c25-23-15(17-7-9-21(32-17)19-5-1-13(11-27)30-19)3-4-16(24(23)26-29)18-8-10-22(33-18)20-6-2-14(12-28)31-20/h1-12,25,29H/b25-23?,26-24-. The number of nitrogens with one attached hydrogen (secondary N) is 1. The fourth-order valence-corrected chi connectivity index (χ4v) is 7.53. The zero-order valence-electron chi connectivity index (χ0n) is 16.8. The second-order valence-corrected chi connectivity index (χ2v) is 11.6. The molecule has 0 unspecified atom stereocenters. The van der Waals surface area contributed by atoms with Crippen molar-refractivity contribution >= 4 is 93.3 Å².